The molecule has 6 N–H and O–H groups in total. The second-order valence-electron chi connectivity index (χ2n) is 7.47. The molecule has 180 valence electrons. The molecular formula is C22H20O12. The number of benzene rings is 2. The molecule has 0 bridgehead atoms. The number of fused-ring (bicyclic) bond motifs is 1. The number of para-hydroxylation sites is 1. The zero-order valence-electron chi connectivity index (χ0n) is 17.5. The number of aliphatic hydroxyl groups is 3. The fraction of sp³-hybridized carbons (Fsp3) is 0.273. The van der Waals surface area contributed by atoms with E-state index in [2.05, 4.69) is 0 Å². The maximum Gasteiger partial charge on any atom is 0.335 e. The number of hydrogen-bond donors (Lipinski definition) is 6. The van der Waals surface area contributed by atoms with E-state index in [1.165, 1.54) is 7.11 Å². The van der Waals surface area contributed by atoms with Gasteiger partial charge in [0.1, 0.15) is 40.8 Å². The van der Waals surface area contributed by atoms with E-state index in [9.17, 15) is 35.1 Å². The normalized spacial score (nSPS) is 24.6. The van der Waals surface area contributed by atoms with Crippen LogP contribution in [-0.4, -0.2) is 74.4 Å². The zero-order valence-corrected chi connectivity index (χ0v) is 17.5. The van der Waals surface area contributed by atoms with Gasteiger partial charge in [0.05, 0.1) is 12.7 Å². The lowest BCUT2D eigenvalue weighted by atomic mass is 9.99. The fourth-order valence-corrected chi connectivity index (χ4v) is 3.61. The van der Waals surface area contributed by atoms with Crippen molar-refractivity contribution in [3.05, 3.63) is 46.6 Å². The van der Waals surface area contributed by atoms with E-state index in [0.717, 1.165) is 12.1 Å². The van der Waals surface area contributed by atoms with Gasteiger partial charge in [-0.2, -0.15) is 0 Å². The van der Waals surface area contributed by atoms with Crippen LogP contribution in [0.25, 0.3) is 22.3 Å². The smallest absolute Gasteiger partial charge is 0.335 e. The number of aromatic hydroxyl groups is 2. The van der Waals surface area contributed by atoms with Crippen molar-refractivity contribution in [1.82, 2.24) is 0 Å². The van der Waals surface area contributed by atoms with E-state index in [0.29, 0.717) is 11.3 Å². The Hall–Kier alpha value is -3.84. The average Bonchev–Trinajstić information content (AvgIpc) is 2.81. The number of phenolic OH excluding ortho intramolecular Hbond substituents is 2. The van der Waals surface area contributed by atoms with Crippen LogP contribution in [0.2, 0.25) is 0 Å². The summed E-state index contributed by atoms with van der Waals surface area (Å²) in [4.78, 5) is 24.0. The number of methoxy groups -OCH3 is 1. The van der Waals surface area contributed by atoms with Crippen molar-refractivity contribution in [1.29, 1.82) is 0 Å². The molecule has 0 aliphatic carbocycles. The van der Waals surface area contributed by atoms with Gasteiger partial charge in [-0.05, 0) is 12.1 Å². The first-order chi connectivity index (χ1) is 16.1. The highest BCUT2D eigenvalue weighted by atomic mass is 16.7. The summed E-state index contributed by atoms with van der Waals surface area (Å²) in [7, 11) is 1.43. The Balaban J connectivity index is 1.79. The second-order valence-corrected chi connectivity index (χ2v) is 7.47. The molecule has 2 aromatic carbocycles. The number of phenols is 2. The predicted molar refractivity (Wildman–Crippen MR) is 113 cm³/mol. The van der Waals surface area contributed by atoms with Crippen LogP contribution in [0.4, 0.5) is 0 Å². The summed E-state index contributed by atoms with van der Waals surface area (Å²) in [5.41, 5.74) is -0.495. The van der Waals surface area contributed by atoms with Crippen LogP contribution in [0, 0.1) is 0 Å². The topological polar surface area (TPSA) is 196 Å². The van der Waals surface area contributed by atoms with Crippen molar-refractivity contribution in [2.45, 2.75) is 30.7 Å². The van der Waals surface area contributed by atoms with Crippen molar-refractivity contribution in [2.24, 2.45) is 0 Å². The number of aliphatic carboxylic acids is 1. The minimum absolute atomic E-state index is 0.0735. The van der Waals surface area contributed by atoms with E-state index in [-0.39, 0.29) is 16.7 Å². The largest absolute Gasteiger partial charge is 0.504 e. The quantitative estimate of drug-likeness (QED) is 0.273. The minimum Gasteiger partial charge on any atom is -0.504 e. The van der Waals surface area contributed by atoms with Gasteiger partial charge in [-0.25, -0.2) is 4.79 Å². The number of rotatable bonds is 5. The van der Waals surface area contributed by atoms with Gasteiger partial charge in [-0.1, -0.05) is 12.1 Å². The van der Waals surface area contributed by atoms with Crippen LogP contribution in [0.5, 0.6) is 23.0 Å². The Labute approximate surface area is 190 Å². The highest BCUT2D eigenvalue weighted by molar-refractivity contribution is 5.89. The van der Waals surface area contributed by atoms with E-state index >= 15 is 0 Å². The molecule has 0 saturated carbocycles. The van der Waals surface area contributed by atoms with Crippen molar-refractivity contribution >= 4 is 16.9 Å². The summed E-state index contributed by atoms with van der Waals surface area (Å²) < 4.78 is 21.3. The Morgan fingerprint density at radius 3 is 2.35 bits per heavy atom. The van der Waals surface area contributed by atoms with Crippen molar-refractivity contribution < 1.29 is 54.1 Å². The van der Waals surface area contributed by atoms with Gasteiger partial charge < -0.3 is 49.3 Å². The number of carboxylic acids is 1. The minimum atomic E-state index is -1.95. The highest BCUT2D eigenvalue weighted by Crippen LogP contribution is 2.43. The molecule has 1 saturated heterocycles. The third kappa shape index (κ3) is 3.88. The van der Waals surface area contributed by atoms with Gasteiger partial charge in [-0.15, -0.1) is 0 Å². The molecule has 1 aromatic heterocycles. The molecule has 1 aliphatic heterocycles. The first-order valence-corrected chi connectivity index (χ1v) is 9.89. The Morgan fingerprint density at radius 2 is 1.68 bits per heavy atom. The standard InChI is InChI=1S/C22H20O12/c1-31-10-5-3-2-4-8(10)11-6-9(23)14-12(32-11)7-13(15(24)16(14)25)33-22-19(28)17(26)18(27)20(34-22)21(29)30/h2-7,17-20,22,24-28H,1H3,(H,29,30). The van der Waals surface area contributed by atoms with Gasteiger partial charge in [0.15, 0.2) is 23.0 Å². The van der Waals surface area contributed by atoms with Crippen LogP contribution < -0.4 is 14.9 Å². The van der Waals surface area contributed by atoms with Gasteiger partial charge in [-0.3, -0.25) is 4.79 Å². The second kappa shape index (κ2) is 8.83. The summed E-state index contributed by atoms with van der Waals surface area (Å²) in [6.45, 7) is 0. The Kier molecular flexibility index (Phi) is 6.06. The van der Waals surface area contributed by atoms with E-state index < -0.39 is 59.4 Å². The molecule has 1 aliphatic rings. The number of carboxylic acid groups (broad SMARTS) is 1. The lowest BCUT2D eigenvalue weighted by Crippen LogP contribution is -2.61. The lowest BCUT2D eigenvalue weighted by molar-refractivity contribution is -0.271. The maximum atomic E-state index is 12.7. The fourth-order valence-electron chi connectivity index (χ4n) is 3.61. The summed E-state index contributed by atoms with van der Waals surface area (Å²) in [6.07, 6.45) is -9.64. The van der Waals surface area contributed by atoms with Gasteiger partial charge >= 0.3 is 5.97 Å². The number of aliphatic hydroxyl groups excluding tert-OH is 3. The van der Waals surface area contributed by atoms with E-state index in [4.69, 9.17) is 23.7 Å². The van der Waals surface area contributed by atoms with E-state index in [1.807, 2.05) is 0 Å². The molecular weight excluding hydrogens is 456 g/mol. The number of hydrogen-bond acceptors (Lipinski definition) is 11. The highest BCUT2D eigenvalue weighted by Gasteiger charge is 2.48. The average molecular weight is 476 g/mol. The Morgan fingerprint density at radius 1 is 0.971 bits per heavy atom. The predicted octanol–water partition coefficient (Wildman–Crippen LogP) is 0.151. The van der Waals surface area contributed by atoms with E-state index in [1.54, 1.807) is 24.3 Å². The van der Waals surface area contributed by atoms with Crippen LogP contribution in [0.15, 0.2) is 45.6 Å². The molecule has 0 radical (unpaired) electrons. The third-order valence-corrected chi connectivity index (χ3v) is 5.36. The molecule has 3 aromatic rings. The summed E-state index contributed by atoms with van der Waals surface area (Å²) in [6, 6.07) is 8.79. The molecule has 5 unspecified atom stereocenters. The number of carbonyl (C=O) groups is 1. The van der Waals surface area contributed by atoms with Gasteiger partial charge in [0, 0.05) is 12.1 Å². The van der Waals surface area contributed by atoms with Gasteiger partial charge in [0.25, 0.3) is 0 Å². The van der Waals surface area contributed by atoms with Crippen molar-refractivity contribution in [3.8, 4) is 34.3 Å². The molecule has 12 heteroatoms. The van der Waals surface area contributed by atoms with Crippen molar-refractivity contribution in [3.63, 3.8) is 0 Å². The molecule has 0 amide bonds. The van der Waals surface area contributed by atoms with Crippen LogP contribution in [0.1, 0.15) is 0 Å². The van der Waals surface area contributed by atoms with Crippen LogP contribution >= 0.6 is 0 Å². The van der Waals surface area contributed by atoms with Gasteiger partial charge in [0.2, 0.25) is 12.0 Å². The molecule has 0 spiro atoms. The van der Waals surface area contributed by atoms with Crippen LogP contribution in [-0.2, 0) is 9.53 Å². The van der Waals surface area contributed by atoms with Crippen molar-refractivity contribution in [2.75, 3.05) is 7.11 Å². The number of ether oxygens (including phenoxy) is 3. The molecule has 2 heterocycles. The monoisotopic (exact) mass is 476 g/mol. The molecule has 5 atom stereocenters. The summed E-state index contributed by atoms with van der Waals surface area (Å²) in [5, 5.41) is 59.5. The summed E-state index contributed by atoms with van der Waals surface area (Å²) >= 11 is 0. The molecule has 12 nitrogen and oxygen atoms in total. The third-order valence-electron chi connectivity index (χ3n) is 5.36. The SMILES string of the molecule is COc1ccccc1-c1cc(=O)c2c(O)c(O)c(OC3OC(C(=O)O)C(O)C(O)C3O)cc2o1. The molecule has 1 fully saturated rings. The summed E-state index contributed by atoms with van der Waals surface area (Å²) in [5.74, 6) is -3.53. The van der Waals surface area contributed by atoms with Crippen LogP contribution in [0.3, 0.4) is 0 Å². The maximum absolute atomic E-state index is 12.7. The Bertz CT molecular complexity index is 1300. The first kappa shape index (κ1) is 23.3. The lowest BCUT2D eigenvalue weighted by Gasteiger charge is -2.38. The first-order valence-electron chi connectivity index (χ1n) is 9.89. The molecule has 4 rings (SSSR count). The zero-order chi connectivity index (χ0) is 24.7. The molecule has 34 heavy (non-hydrogen) atoms.